The van der Waals surface area contributed by atoms with Crippen LogP contribution in [0.25, 0.3) is 15.0 Å². The van der Waals surface area contributed by atoms with Crippen molar-refractivity contribution in [1.29, 1.82) is 0 Å². The molecular formula is C21H17O2S+. The molecule has 0 aliphatic carbocycles. The first-order chi connectivity index (χ1) is 11.6. The normalized spacial score (nSPS) is 13.8. The van der Waals surface area contributed by atoms with E-state index in [2.05, 4.69) is 36.1 Å². The summed E-state index contributed by atoms with van der Waals surface area (Å²) in [7, 11) is -0.168. The van der Waals surface area contributed by atoms with E-state index in [1.807, 2.05) is 30.3 Å². The Kier molecular flexibility index (Phi) is 4.24. The molecule has 0 fully saturated rings. The summed E-state index contributed by atoms with van der Waals surface area (Å²) in [5.74, 6) is 1.99. The fourth-order valence-electron chi connectivity index (χ4n) is 2.38. The van der Waals surface area contributed by atoms with E-state index in [1.165, 1.54) is 16.2 Å². The molecule has 2 nitrogen and oxygen atoms in total. The van der Waals surface area contributed by atoms with Crippen molar-refractivity contribution in [2.45, 2.75) is 12.5 Å². The lowest BCUT2D eigenvalue weighted by molar-refractivity contribution is 0.0284. The van der Waals surface area contributed by atoms with E-state index >= 15 is 0 Å². The van der Waals surface area contributed by atoms with Crippen LogP contribution in [0.4, 0.5) is 0 Å². The van der Waals surface area contributed by atoms with Gasteiger partial charge in [-0.2, -0.15) is 0 Å². The van der Waals surface area contributed by atoms with E-state index < -0.39 is 11.6 Å². The van der Waals surface area contributed by atoms with Crippen LogP contribution >= 0.6 is 10.5 Å². The number of carbonyl (C=O) groups is 1. The quantitative estimate of drug-likeness (QED) is 0.280. The van der Waals surface area contributed by atoms with E-state index in [1.54, 1.807) is 13.0 Å². The molecule has 24 heavy (non-hydrogen) atoms. The Morgan fingerprint density at radius 2 is 2.04 bits per heavy atom. The predicted octanol–water partition coefficient (Wildman–Crippen LogP) is 5.31. The van der Waals surface area contributed by atoms with Crippen molar-refractivity contribution >= 4 is 26.5 Å². The third-order valence-electron chi connectivity index (χ3n) is 3.84. The molecule has 3 rings (SSSR count). The van der Waals surface area contributed by atoms with E-state index in [4.69, 9.17) is 11.2 Å². The lowest BCUT2D eigenvalue weighted by Gasteiger charge is -2.19. The molecule has 2 atom stereocenters. The van der Waals surface area contributed by atoms with Gasteiger partial charge in [-0.25, -0.2) is 4.79 Å². The molecule has 0 spiro atoms. The molecule has 1 heterocycles. The molecular weight excluding hydrogens is 316 g/mol. The van der Waals surface area contributed by atoms with Crippen LogP contribution in [0.15, 0.2) is 72.6 Å². The van der Waals surface area contributed by atoms with Crippen molar-refractivity contribution in [3.8, 4) is 17.2 Å². The largest absolute Gasteiger partial charge is 0.439 e. The molecule has 0 aliphatic rings. The topological polar surface area (TPSA) is 26.3 Å². The predicted molar refractivity (Wildman–Crippen MR) is 101 cm³/mol. The molecule has 0 saturated heterocycles. The monoisotopic (exact) mass is 333 g/mol. The highest BCUT2D eigenvalue weighted by atomic mass is 32.2. The maximum absolute atomic E-state index is 12.4. The van der Waals surface area contributed by atoms with Gasteiger partial charge < -0.3 is 4.74 Å². The number of benzene rings is 2. The number of thiophene rings is 1. The Balaban J connectivity index is 1.97. The van der Waals surface area contributed by atoms with Crippen LogP contribution in [0.3, 0.4) is 0 Å². The number of carbonyl (C=O) groups excluding carboxylic acids is 1. The SMILES string of the molecule is C#CC(C)(C=C)OC(=O)c1cccc(-[s+]2ccc3ccccc32)c1. The van der Waals surface area contributed by atoms with Crippen LogP contribution in [0.2, 0.25) is 0 Å². The highest BCUT2D eigenvalue weighted by Gasteiger charge is 2.24. The lowest BCUT2D eigenvalue weighted by Crippen LogP contribution is -2.27. The Morgan fingerprint density at radius 3 is 2.79 bits per heavy atom. The second-order valence-corrected chi connectivity index (χ2v) is 7.41. The molecule has 1 aromatic heterocycles. The van der Waals surface area contributed by atoms with Crippen LogP contribution in [-0.2, 0) is 4.74 Å². The summed E-state index contributed by atoms with van der Waals surface area (Å²) in [6.07, 6.45) is 6.87. The van der Waals surface area contributed by atoms with E-state index in [-0.39, 0.29) is 10.5 Å². The number of terminal acetylenes is 1. The van der Waals surface area contributed by atoms with Crippen molar-refractivity contribution in [3.63, 3.8) is 0 Å². The molecule has 0 aliphatic heterocycles. The first-order valence-electron chi connectivity index (χ1n) is 7.51. The van der Waals surface area contributed by atoms with Gasteiger partial charge in [0.1, 0.15) is 5.38 Å². The number of ether oxygens (including phenoxy) is 1. The second kappa shape index (κ2) is 6.35. The number of rotatable bonds is 4. The van der Waals surface area contributed by atoms with Crippen molar-refractivity contribution in [2.24, 2.45) is 0 Å². The van der Waals surface area contributed by atoms with Gasteiger partial charge in [-0.05, 0) is 37.3 Å². The van der Waals surface area contributed by atoms with Crippen LogP contribution in [-0.4, -0.2) is 11.6 Å². The Labute approximate surface area is 144 Å². The summed E-state index contributed by atoms with van der Waals surface area (Å²) >= 11 is 0. The summed E-state index contributed by atoms with van der Waals surface area (Å²) in [4.78, 5) is 13.5. The van der Waals surface area contributed by atoms with Gasteiger partial charge in [0.05, 0.1) is 5.56 Å². The second-order valence-electron chi connectivity index (χ2n) is 5.55. The third-order valence-corrected chi connectivity index (χ3v) is 5.86. The fraction of sp³-hybridized carbons (Fsp3) is 0.0952. The number of hydrogen-bond acceptors (Lipinski definition) is 2. The lowest BCUT2D eigenvalue weighted by atomic mass is 10.1. The summed E-state index contributed by atoms with van der Waals surface area (Å²) in [5, 5.41) is 3.39. The first-order valence-corrected chi connectivity index (χ1v) is 8.80. The maximum atomic E-state index is 12.4. The average Bonchev–Trinajstić information content (AvgIpc) is 3.06. The Morgan fingerprint density at radius 1 is 1.25 bits per heavy atom. The standard InChI is InChI=1S/C21H17O2S/c1-4-21(3,5-2)23-20(22)17-10-8-11-18(15-17)24-14-13-16-9-6-7-12-19(16)24/h1,5-15H,2H2,3H3/q+1. The summed E-state index contributed by atoms with van der Waals surface area (Å²) in [6.45, 7) is 5.27. The number of hydrogen-bond donors (Lipinski definition) is 0. The maximum Gasteiger partial charge on any atom is 0.340 e. The highest BCUT2D eigenvalue weighted by Crippen LogP contribution is 2.39. The van der Waals surface area contributed by atoms with Gasteiger partial charge in [-0.3, -0.25) is 0 Å². The minimum atomic E-state index is -1.10. The van der Waals surface area contributed by atoms with Gasteiger partial charge in [-0.1, -0.05) is 30.7 Å². The van der Waals surface area contributed by atoms with Crippen LogP contribution in [0.1, 0.15) is 17.3 Å². The zero-order valence-electron chi connectivity index (χ0n) is 13.4. The van der Waals surface area contributed by atoms with E-state index in [9.17, 15) is 4.79 Å². The molecule has 0 N–H and O–H groups in total. The zero-order chi connectivity index (χ0) is 17.2. The average molecular weight is 333 g/mol. The molecule has 2 unspecified atom stereocenters. The summed E-state index contributed by atoms with van der Waals surface area (Å²) in [5.41, 5.74) is -0.615. The van der Waals surface area contributed by atoms with Crippen LogP contribution in [0, 0.1) is 12.3 Å². The Bertz CT molecular complexity index is 961. The number of esters is 1. The van der Waals surface area contributed by atoms with Crippen molar-refractivity contribution in [1.82, 2.24) is 0 Å². The molecule has 0 amide bonds. The molecule has 118 valence electrons. The molecule has 0 bridgehead atoms. The van der Waals surface area contributed by atoms with Gasteiger partial charge in [-0.15, -0.1) is 6.42 Å². The van der Waals surface area contributed by atoms with Gasteiger partial charge in [0, 0.05) is 28.0 Å². The molecule has 2 aromatic carbocycles. The molecule has 0 saturated carbocycles. The Hall–Kier alpha value is -2.83. The van der Waals surface area contributed by atoms with Crippen LogP contribution < -0.4 is 0 Å². The van der Waals surface area contributed by atoms with Gasteiger partial charge in [0.2, 0.25) is 0 Å². The molecule has 3 aromatic rings. The summed E-state index contributed by atoms with van der Waals surface area (Å²) in [6, 6.07) is 17.9. The van der Waals surface area contributed by atoms with Crippen molar-refractivity contribution in [2.75, 3.05) is 0 Å². The third kappa shape index (κ3) is 2.97. The summed E-state index contributed by atoms with van der Waals surface area (Å²) < 4.78 is 6.67. The van der Waals surface area contributed by atoms with Crippen molar-refractivity contribution < 1.29 is 9.53 Å². The van der Waals surface area contributed by atoms with Gasteiger partial charge in [0.15, 0.2) is 15.2 Å². The first kappa shape index (κ1) is 16.0. The van der Waals surface area contributed by atoms with Crippen molar-refractivity contribution in [3.05, 3.63) is 78.2 Å². The number of fused-ring (bicyclic) bond motifs is 1. The van der Waals surface area contributed by atoms with Gasteiger partial charge in [0.25, 0.3) is 0 Å². The smallest absolute Gasteiger partial charge is 0.340 e. The zero-order valence-corrected chi connectivity index (χ0v) is 14.2. The van der Waals surface area contributed by atoms with Gasteiger partial charge >= 0.3 is 5.97 Å². The minimum Gasteiger partial charge on any atom is -0.439 e. The molecule has 0 radical (unpaired) electrons. The highest BCUT2D eigenvalue weighted by molar-refractivity contribution is 7.43. The fourth-order valence-corrected chi connectivity index (χ4v) is 4.31. The van der Waals surface area contributed by atoms with E-state index in [0.29, 0.717) is 5.56 Å². The molecule has 3 heteroatoms. The van der Waals surface area contributed by atoms with E-state index in [0.717, 1.165) is 4.90 Å². The minimum absolute atomic E-state index is 0.168. The van der Waals surface area contributed by atoms with Crippen LogP contribution in [0.5, 0.6) is 0 Å².